The van der Waals surface area contributed by atoms with Crippen LogP contribution in [0.15, 0.2) is 18.2 Å². The normalized spacial score (nSPS) is 15.5. The molecule has 7 heteroatoms. The molecule has 1 aromatic rings. The Balaban J connectivity index is 1.98. The van der Waals surface area contributed by atoms with Gasteiger partial charge in [-0.1, -0.05) is 29.3 Å². The van der Waals surface area contributed by atoms with Gasteiger partial charge >= 0.3 is 5.97 Å². The number of likely N-dealkylation sites (N-methyl/N-ethyl adjacent to an activating group) is 1. The van der Waals surface area contributed by atoms with Crippen LogP contribution < -0.4 is 0 Å². The second-order valence-corrected chi connectivity index (χ2v) is 6.73. The van der Waals surface area contributed by atoms with E-state index in [0.717, 1.165) is 18.4 Å². The fourth-order valence-electron chi connectivity index (χ4n) is 2.41. The Bertz CT molecular complexity index is 605. The number of carbonyl (C=O) groups excluding carboxylic acids is 1. The molecule has 5 nitrogen and oxygen atoms in total. The number of carboxylic acids is 1. The van der Waals surface area contributed by atoms with Crippen molar-refractivity contribution >= 4 is 35.1 Å². The number of nitrogens with zero attached hydrogens (tertiary/aromatic N) is 2. The molecule has 1 amide bonds. The van der Waals surface area contributed by atoms with Gasteiger partial charge in [-0.25, -0.2) is 0 Å². The molecule has 126 valence electrons. The van der Waals surface area contributed by atoms with Crippen molar-refractivity contribution in [3.8, 4) is 0 Å². The molecule has 0 radical (unpaired) electrons. The Morgan fingerprint density at radius 2 is 1.96 bits per heavy atom. The number of benzene rings is 1. The first-order valence-electron chi connectivity index (χ1n) is 7.46. The predicted octanol–water partition coefficient (Wildman–Crippen LogP) is 2.89. The summed E-state index contributed by atoms with van der Waals surface area (Å²) in [6, 6.07) is 4.77. The molecular formula is C16H20Cl2N2O3. The fourth-order valence-corrected chi connectivity index (χ4v) is 2.73. The minimum Gasteiger partial charge on any atom is -0.480 e. The Morgan fingerprint density at radius 3 is 2.48 bits per heavy atom. The van der Waals surface area contributed by atoms with Crippen molar-refractivity contribution in [2.24, 2.45) is 0 Å². The highest BCUT2D eigenvalue weighted by atomic mass is 35.5. The summed E-state index contributed by atoms with van der Waals surface area (Å²) in [6.45, 7) is 2.12. The van der Waals surface area contributed by atoms with Crippen molar-refractivity contribution in [3.05, 3.63) is 33.8 Å². The molecule has 0 saturated heterocycles. The van der Waals surface area contributed by atoms with Crippen molar-refractivity contribution in [3.63, 3.8) is 0 Å². The summed E-state index contributed by atoms with van der Waals surface area (Å²) in [5.41, 5.74) is 0.875. The molecule has 1 aliphatic carbocycles. The van der Waals surface area contributed by atoms with E-state index in [2.05, 4.69) is 0 Å². The third kappa shape index (κ3) is 4.83. The van der Waals surface area contributed by atoms with Gasteiger partial charge in [0.2, 0.25) is 5.91 Å². The highest BCUT2D eigenvalue weighted by Gasteiger charge is 2.36. The van der Waals surface area contributed by atoms with Crippen LogP contribution in [0.1, 0.15) is 25.3 Å². The van der Waals surface area contributed by atoms with E-state index in [1.807, 2.05) is 6.07 Å². The van der Waals surface area contributed by atoms with Gasteiger partial charge in [-0.15, -0.1) is 0 Å². The monoisotopic (exact) mass is 358 g/mol. The molecule has 0 heterocycles. The largest absolute Gasteiger partial charge is 0.480 e. The molecule has 0 bridgehead atoms. The van der Waals surface area contributed by atoms with E-state index in [1.54, 1.807) is 35.9 Å². The minimum atomic E-state index is -0.906. The number of carboxylic acid groups (broad SMARTS) is 1. The molecule has 0 spiro atoms. The third-order valence-corrected chi connectivity index (χ3v) is 4.76. The van der Waals surface area contributed by atoms with Crippen LogP contribution in [-0.4, -0.2) is 52.5 Å². The number of hydrogen-bond acceptors (Lipinski definition) is 3. The molecule has 0 aliphatic heterocycles. The average Bonchev–Trinajstić information content (AvgIpc) is 3.32. The molecule has 1 fully saturated rings. The second kappa shape index (κ2) is 7.51. The smallest absolute Gasteiger partial charge is 0.320 e. The van der Waals surface area contributed by atoms with Crippen LogP contribution in [0.2, 0.25) is 10.0 Å². The zero-order valence-electron chi connectivity index (χ0n) is 13.1. The summed E-state index contributed by atoms with van der Waals surface area (Å²) in [7, 11) is 1.70. The van der Waals surface area contributed by atoms with E-state index in [9.17, 15) is 14.7 Å². The van der Waals surface area contributed by atoms with Crippen molar-refractivity contribution in [2.45, 2.75) is 38.4 Å². The lowest BCUT2D eigenvalue weighted by atomic mass is 10.2. The summed E-state index contributed by atoms with van der Waals surface area (Å²) >= 11 is 11.9. The number of hydrogen-bond donors (Lipinski definition) is 1. The van der Waals surface area contributed by atoms with Crippen LogP contribution in [0.5, 0.6) is 0 Å². The van der Waals surface area contributed by atoms with Crippen LogP contribution in [0.3, 0.4) is 0 Å². The van der Waals surface area contributed by atoms with Gasteiger partial charge < -0.3 is 10.0 Å². The van der Waals surface area contributed by atoms with Gasteiger partial charge in [0.25, 0.3) is 0 Å². The number of carbonyl (C=O) groups is 2. The maximum Gasteiger partial charge on any atom is 0.320 e. The van der Waals surface area contributed by atoms with Gasteiger partial charge in [-0.05, 0) is 37.5 Å². The molecule has 0 aromatic heterocycles. The quantitative estimate of drug-likeness (QED) is 0.813. The number of amides is 1. The first kappa shape index (κ1) is 18.0. The van der Waals surface area contributed by atoms with Crippen LogP contribution >= 0.6 is 23.2 Å². The van der Waals surface area contributed by atoms with E-state index in [-0.39, 0.29) is 18.5 Å². The highest BCUT2D eigenvalue weighted by Crippen LogP contribution is 2.29. The van der Waals surface area contributed by atoms with Crippen molar-refractivity contribution in [1.29, 1.82) is 0 Å². The summed E-state index contributed by atoms with van der Waals surface area (Å²) in [6.07, 6.45) is 1.89. The fraction of sp³-hybridized carbons (Fsp3) is 0.500. The summed E-state index contributed by atoms with van der Waals surface area (Å²) < 4.78 is 0. The van der Waals surface area contributed by atoms with Gasteiger partial charge in [0.05, 0.1) is 16.6 Å². The summed E-state index contributed by atoms with van der Waals surface area (Å²) in [5.74, 6) is -1.02. The van der Waals surface area contributed by atoms with Gasteiger partial charge in [0.15, 0.2) is 0 Å². The molecule has 1 aliphatic rings. The maximum atomic E-state index is 12.4. The van der Waals surface area contributed by atoms with E-state index in [4.69, 9.17) is 23.2 Å². The Hall–Kier alpha value is -1.30. The third-order valence-electron chi connectivity index (χ3n) is 4.02. The Labute approximate surface area is 145 Å². The highest BCUT2D eigenvalue weighted by molar-refractivity contribution is 6.42. The average molecular weight is 359 g/mol. The molecule has 1 atom stereocenters. The van der Waals surface area contributed by atoms with Gasteiger partial charge in [0, 0.05) is 19.6 Å². The van der Waals surface area contributed by atoms with Crippen molar-refractivity contribution < 1.29 is 14.7 Å². The topological polar surface area (TPSA) is 60.9 Å². The van der Waals surface area contributed by atoms with E-state index in [0.29, 0.717) is 16.6 Å². The van der Waals surface area contributed by atoms with Gasteiger partial charge in [-0.3, -0.25) is 14.5 Å². The zero-order valence-corrected chi connectivity index (χ0v) is 14.6. The second-order valence-electron chi connectivity index (χ2n) is 5.92. The number of aliphatic carboxylic acids is 1. The van der Waals surface area contributed by atoms with E-state index < -0.39 is 12.0 Å². The molecule has 23 heavy (non-hydrogen) atoms. The Morgan fingerprint density at radius 1 is 1.30 bits per heavy atom. The van der Waals surface area contributed by atoms with Crippen LogP contribution in [0, 0.1) is 0 Å². The Kier molecular flexibility index (Phi) is 5.89. The molecule has 1 N–H and O–H groups in total. The zero-order chi connectivity index (χ0) is 17.1. The first-order valence-corrected chi connectivity index (χ1v) is 8.21. The van der Waals surface area contributed by atoms with Crippen LogP contribution in [-0.2, 0) is 16.1 Å². The lowest BCUT2D eigenvalue weighted by Gasteiger charge is -2.28. The summed E-state index contributed by atoms with van der Waals surface area (Å²) in [5, 5.41) is 10.1. The number of rotatable bonds is 7. The van der Waals surface area contributed by atoms with Crippen molar-refractivity contribution in [1.82, 2.24) is 9.80 Å². The van der Waals surface area contributed by atoms with E-state index in [1.165, 1.54) is 0 Å². The first-order chi connectivity index (χ1) is 10.8. The molecule has 2 rings (SSSR count). The maximum absolute atomic E-state index is 12.4. The van der Waals surface area contributed by atoms with Crippen molar-refractivity contribution in [2.75, 3.05) is 13.6 Å². The number of halogens is 2. The van der Waals surface area contributed by atoms with Gasteiger partial charge in [-0.2, -0.15) is 0 Å². The molecule has 1 unspecified atom stereocenters. The molecule has 1 saturated carbocycles. The van der Waals surface area contributed by atoms with Crippen LogP contribution in [0.25, 0.3) is 0 Å². The molecular weight excluding hydrogens is 339 g/mol. The van der Waals surface area contributed by atoms with Gasteiger partial charge in [0.1, 0.15) is 6.04 Å². The standard InChI is InChI=1S/C16H20Cl2N2O3/c1-10(16(22)23)20(12-4-5-12)9-15(21)19(2)8-11-3-6-13(17)14(18)7-11/h3,6-7,10,12H,4-5,8-9H2,1-2H3,(H,22,23). The summed E-state index contributed by atoms with van der Waals surface area (Å²) in [4.78, 5) is 26.9. The SMILES string of the molecule is CC(C(=O)O)N(CC(=O)N(C)Cc1ccc(Cl)c(Cl)c1)C1CC1. The van der Waals surface area contributed by atoms with Crippen LogP contribution in [0.4, 0.5) is 0 Å². The predicted molar refractivity (Wildman–Crippen MR) is 89.8 cm³/mol. The lowest BCUT2D eigenvalue weighted by molar-refractivity contribution is -0.144. The molecule has 1 aromatic carbocycles. The minimum absolute atomic E-state index is 0.107. The van der Waals surface area contributed by atoms with E-state index >= 15 is 0 Å². The lowest BCUT2D eigenvalue weighted by Crippen LogP contribution is -2.46.